The summed E-state index contributed by atoms with van der Waals surface area (Å²) in [6, 6.07) is 14.7. The summed E-state index contributed by atoms with van der Waals surface area (Å²) in [6.45, 7) is 12.6. The molecule has 2 aromatic rings. The molecule has 0 radical (unpaired) electrons. The molecule has 0 aromatic heterocycles. The predicted molar refractivity (Wildman–Crippen MR) is 99.1 cm³/mol. The molecule has 24 heavy (non-hydrogen) atoms. The van der Waals surface area contributed by atoms with Crippen molar-refractivity contribution in [2.75, 3.05) is 6.61 Å². The van der Waals surface area contributed by atoms with E-state index in [0.29, 0.717) is 23.7 Å². The van der Waals surface area contributed by atoms with E-state index in [1.165, 1.54) is 0 Å². The number of carbonyl (C=O) groups excluding carboxylic acids is 1. The zero-order valence-electron chi connectivity index (χ0n) is 15.6. The molecule has 0 spiro atoms. The molecule has 2 rings (SSSR count). The number of para-hydroxylation sites is 2. The van der Waals surface area contributed by atoms with Gasteiger partial charge in [0, 0.05) is 0 Å². The fourth-order valence-corrected chi connectivity index (χ4v) is 2.28. The van der Waals surface area contributed by atoms with Crippen LogP contribution in [0.5, 0.6) is 11.5 Å². The van der Waals surface area contributed by atoms with Crippen LogP contribution in [0.15, 0.2) is 48.5 Å². The van der Waals surface area contributed by atoms with Crippen LogP contribution in [0.25, 0.3) is 0 Å². The van der Waals surface area contributed by atoms with Crippen LogP contribution in [-0.2, 0) is 5.41 Å². The first kappa shape index (κ1) is 19.8. The van der Waals surface area contributed by atoms with Gasteiger partial charge < -0.3 is 9.47 Å². The SMILES string of the molecule is CC.CCOc1ccccc1OC(=O)c1ccccc1C(C)(C)C. The molecule has 0 saturated heterocycles. The van der Waals surface area contributed by atoms with E-state index < -0.39 is 0 Å². The fraction of sp³-hybridized carbons (Fsp3) is 0.381. The second kappa shape index (κ2) is 9.11. The molecular weight excluding hydrogens is 300 g/mol. The Hall–Kier alpha value is -2.29. The molecule has 0 aliphatic heterocycles. The molecule has 0 aliphatic carbocycles. The third-order valence-corrected chi connectivity index (χ3v) is 3.31. The molecule has 0 aliphatic rings. The molecule has 0 fully saturated rings. The number of hydrogen-bond acceptors (Lipinski definition) is 3. The van der Waals surface area contributed by atoms with Crippen LogP contribution in [0.1, 0.15) is 57.5 Å². The highest BCUT2D eigenvalue weighted by Crippen LogP contribution is 2.30. The summed E-state index contributed by atoms with van der Waals surface area (Å²) in [4.78, 5) is 12.6. The number of carbonyl (C=O) groups is 1. The summed E-state index contributed by atoms with van der Waals surface area (Å²) in [5.74, 6) is 0.655. The molecule has 0 bridgehead atoms. The van der Waals surface area contributed by atoms with Gasteiger partial charge in [0.1, 0.15) is 0 Å². The highest BCUT2D eigenvalue weighted by molar-refractivity contribution is 5.93. The van der Waals surface area contributed by atoms with Crippen LogP contribution in [0.3, 0.4) is 0 Å². The molecular formula is C21H28O3. The molecule has 0 amide bonds. The predicted octanol–water partition coefficient (Wildman–Crippen LogP) is 5.63. The van der Waals surface area contributed by atoms with Crippen molar-refractivity contribution < 1.29 is 14.3 Å². The third-order valence-electron chi connectivity index (χ3n) is 3.31. The lowest BCUT2D eigenvalue weighted by Crippen LogP contribution is -2.19. The lowest BCUT2D eigenvalue weighted by atomic mass is 9.84. The van der Waals surface area contributed by atoms with E-state index in [0.717, 1.165) is 5.56 Å². The number of esters is 1. The first-order valence-corrected chi connectivity index (χ1v) is 8.47. The van der Waals surface area contributed by atoms with Crippen molar-refractivity contribution in [1.82, 2.24) is 0 Å². The normalized spacial score (nSPS) is 10.4. The Morgan fingerprint density at radius 2 is 1.46 bits per heavy atom. The van der Waals surface area contributed by atoms with Crippen molar-refractivity contribution in [2.24, 2.45) is 0 Å². The van der Waals surface area contributed by atoms with Gasteiger partial charge in [-0.05, 0) is 36.1 Å². The zero-order chi connectivity index (χ0) is 18.2. The number of hydrogen-bond donors (Lipinski definition) is 0. The molecule has 0 saturated carbocycles. The molecule has 0 unspecified atom stereocenters. The first-order chi connectivity index (χ1) is 11.4. The number of rotatable bonds is 4. The average Bonchev–Trinajstić information content (AvgIpc) is 2.58. The highest BCUT2D eigenvalue weighted by Gasteiger charge is 2.23. The molecule has 2 aromatic carbocycles. The summed E-state index contributed by atoms with van der Waals surface area (Å²) >= 11 is 0. The van der Waals surface area contributed by atoms with Gasteiger partial charge in [0.2, 0.25) is 0 Å². The van der Waals surface area contributed by atoms with Gasteiger partial charge in [-0.25, -0.2) is 4.79 Å². The maximum atomic E-state index is 12.6. The van der Waals surface area contributed by atoms with Crippen LogP contribution < -0.4 is 9.47 Å². The monoisotopic (exact) mass is 328 g/mol. The van der Waals surface area contributed by atoms with Crippen molar-refractivity contribution in [3.8, 4) is 11.5 Å². The van der Waals surface area contributed by atoms with Gasteiger partial charge in [0.05, 0.1) is 12.2 Å². The van der Waals surface area contributed by atoms with Crippen LogP contribution in [0, 0.1) is 0 Å². The quantitative estimate of drug-likeness (QED) is 0.539. The molecule has 3 heteroatoms. The van der Waals surface area contributed by atoms with Gasteiger partial charge in [-0.15, -0.1) is 0 Å². The van der Waals surface area contributed by atoms with Crippen molar-refractivity contribution in [1.29, 1.82) is 0 Å². The van der Waals surface area contributed by atoms with Gasteiger partial charge >= 0.3 is 5.97 Å². The van der Waals surface area contributed by atoms with E-state index in [2.05, 4.69) is 20.8 Å². The second-order valence-electron chi connectivity index (χ2n) is 6.06. The molecule has 0 N–H and O–H groups in total. The summed E-state index contributed by atoms with van der Waals surface area (Å²) < 4.78 is 11.1. The van der Waals surface area contributed by atoms with E-state index in [9.17, 15) is 4.79 Å². The van der Waals surface area contributed by atoms with Crippen molar-refractivity contribution in [2.45, 2.75) is 47.0 Å². The van der Waals surface area contributed by atoms with E-state index >= 15 is 0 Å². The first-order valence-electron chi connectivity index (χ1n) is 8.47. The molecule has 0 atom stereocenters. The van der Waals surface area contributed by atoms with Crippen molar-refractivity contribution >= 4 is 5.97 Å². The van der Waals surface area contributed by atoms with Gasteiger partial charge in [-0.1, -0.05) is 65.0 Å². The van der Waals surface area contributed by atoms with Crippen molar-refractivity contribution in [3.63, 3.8) is 0 Å². The van der Waals surface area contributed by atoms with Crippen LogP contribution in [0.4, 0.5) is 0 Å². The highest BCUT2D eigenvalue weighted by atomic mass is 16.6. The summed E-state index contributed by atoms with van der Waals surface area (Å²) in [7, 11) is 0. The Morgan fingerprint density at radius 3 is 2.04 bits per heavy atom. The van der Waals surface area contributed by atoms with Crippen LogP contribution in [0.2, 0.25) is 0 Å². The van der Waals surface area contributed by atoms with E-state index in [1.807, 2.05) is 51.1 Å². The van der Waals surface area contributed by atoms with E-state index in [1.54, 1.807) is 18.2 Å². The average molecular weight is 328 g/mol. The zero-order valence-corrected chi connectivity index (χ0v) is 15.6. The Bertz CT molecular complexity index is 654. The van der Waals surface area contributed by atoms with Crippen LogP contribution in [-0.4, -0.2) is 12.6 Å². The van der Waals surface area contributed by atoms with Crippen LogP contribution >= 0.6 is 0 Å². The number of ether oxygens (including phenoxy) is 2. The Kier molecular flexibility index (Phi) is 7.50. The summed E-state index contributed by atoms with van der Waals surface area (Å²) in [6.07, 6.45) is 0. The smallest absolute Gasteiger partial charge is 0.343 e. The third kappa shape index (κ3) is 5.12. The fourth-order valence-electron chi connectivity index (χ4n) is 2.28. The minimum absolute atomic E-state index is 0.130. The van der Waals surface area contributed by atoms with Gasteiger partial charge in [-0.3, -0.25) is 0 Å². The van der Waals surface area contributed by atoms with E-state index in [-0.39, 0.29) is 11.4 Å². The summed E-state index contributed by atoms with van der Waals surface area (Å²) in [5.41, 5.74) is 1.42. The molecule has 3 nitrogen and oxygen atoms in total. The molecule has 130 valence electrons. The Labute approximate surface area is 145 Å². The minimum Gasteiger partial charge on any atom is -0.490 e. The van der Waals surface area contributed by atoms with Gasteiger partial charge in [0.25, 0.3) is 0 Å². The standard InChI is InChI=1S/C19H22O3.C2H6/c1-5-21-16-12-8-9-13-17(16)22-18(20)14-10-6-7-11-15(14)19(2,3)4;1-2/h6-13H,5H2,1-4H3;1-2H3. The number of benzene rings is 2. The molecule has 0 heterocycles. The maximum Gasteiger partial charge on any atom is 0.343 e. The Balaban J connectivity index is 0.00000139. The lowest BCUT2D eigenvalue weighted by molar-refractivity contribution is 0.0726. The second-order valence-corrected chi connectivity index (χ2v) is 6.06. The van der Waals surface area contributed by atoms with Gasteiger partial charge in [-0.2, -0.15) is 0 Å². The minimum atomic E-state index is -0.363. The topological polar surface area (TPSA) is 35.5 Å². The van der Waals surface area contributed by atoms with Gasteiger partial charge in [0.15, 0.2) is 11.5 Å². The maximum absolute atomic E-state index is 12.6. The lowest BCUT2D eigenvalue weighted by Gasteiger charge is -2.22. The van der Waals surface area contributed by atoms with Crippen molar-refractivity contribution in [3.05, 3.63) is 59.7 Å². The Morgan fingerprint density at radius 1 is 0.917 bits per heavy atom. The largest absolute Gasteiger partial charge is 0.490 e. The summed E-state index contributed by atoms with van der Waals surface area (Å²) in [5, 5.41) is 0. The van der Waals surface area contributed by atoms with E-state index in [4.69, 9.17) is 9.47 Å².